The maximum atomic E-state index is 12.8. The number of hydrogen-bond donors (Lipinski definition) is 2. The highest BCUT2D eigenvalue weighted by Gasteiger charge is 2.39. The average molecular weight is 463 g/mol. The molecule has 1 unspecified atom stereocenters. The summed E-state index contributed by atoms with van der Waals surface area (Å²) in [5, 5.41) is 13.9. The van der Waals surface area contributed by atoms with E-state index in [1.54, 1.807) is 12.4 Å². The van der Waals surface area contributed by atoms with Crippen molar-refractivity contribution in [3.8, 4) is 0 Å². The van der Waals surface area contributed by atoms with Crippen LogP contribution in [0, 0.1) is 0 Å². The summed E-state index contributed by atoms with van der Waals surface area (Å²) >= 11 is 5.90. The molecule has 0 aromatic carbocycles. The highest BCUT2D eigenvalue weighted by atomic mass is 35.5. The zero-order chi connectivity index (χ0) is 21.4. The van der Waals surface area contributed by atoms with E-state index in [2.05, 4.69) is 20.2 Å². The monoisotopic (exact) mass is 462 g/mol. The number of aromatic nitrogens is 4. The van der Waals surface area contributed by atoms with Crippen molar-refractivity contribution < 1.29 is 9.32 Å². The summed E-state index contributed by atoms with van der Waals surface area (Å²) in [6, 6.07) is 0. The van der Waals surface area contributed by atoms with E-state index in [-0.39, 0.29) is 18.1 Å². The number of halogens is 1. The van der Waals surface area contributed by atoms with Crippen LogP contribution in [0.15, 0.2) is 17.3 Å². The highest BCUT2D eigenvalue weighted by Crippen LogP contribution is 2.38. The molecule has 2 fully saturated rings. The Morgan fingerprint density at radius 2 is 1.94 bits per heavy atom. The molecule has 166 valence electrons. The Kier molecular flexibility index (Phi) is 5.83. The molecule has 1 saturated heterocycles. The van der Waals surface area contributed by atoms with Gasteiger partial charge in [-0.3, -0.25) is 4.21 Å². The minimum Gasteiger partial charge on any atom is -0.394 e. The first-order chi connectivity index (χ1) is 15.1. The van der Waals surface area contributed by atoms with Gasteiger partial charge in [-0.15, -0.1) is 0 Å². The summed E-state index contributed by atoms with van der Waals surface area (Å²) in [4.78, 5) is 21.3. The zero-order valence-electron chi connectivity index (χ0n) is 17.4. The number of aryl methyl sites for hydroxylation is 1. The number of aliphatic hydroxyl groups excluding tert-OH is 1. The standard InChI is InChI=1S/C21H27ClN6O2S/c22-15-11-23-20(24-12-15)28-8-4-14(5-9-28)18-25-16-3-1-10-31(30)17(16)19(26-18)27-21(13-29)6-2-7-21/h11-12,14,29H,1-10,13H2,(H,25,26,27). The van der Waals surface area contributed by atoms with Crippen molar-refractivity contribution in [1.29, 1.82) is 0 Å². The Morgan fingerprint density at radius 1 is 1.19 bits per heavy atom. The molecule has 10 heteroatoms. The fourth-order valence-corrected chi connectivity index (χ4v) is 6.08. The molecule has 4 heterocycles. The second kappa shape index (κ2) is 8.60. The van der Waals surface area contributed by atoms with E-state index in [9.17, 15) is 9.32 Å². The quantitative estimate of drug-likeness (QED) is 0.698. The van der Waals surface area contributed by atoms with Crippen molar-refractivity contribution in [2.75, 3.05) is 35.7 Å². The van der Waals surface area contributed by atoms with E-state index >= 15 is 0 Å². The van der Waals surface area contributed by atoms with Crippen molar-refractivity contribution in [3.63, 3.8) is 0 Å². The number of hydrogen-bond acceptors (Lipinski definition) is 8. The van der Waals surface area contributed by atoms with Gasteiger partial charge in [-0.25, -0.2) is 19.9 Å². The first kappa shape index (κ1) is 21.0. The van der Waals surface area contributed by atoms with Gasteiger partial charge in [-0.2, -0.15) is 0 Å². The number of piperidine rings is 1. The molecule has 1 aliphatic carbocycles. The van der Waals surface area contributed by atoms with Crippen molar-refractivity contribution >= 4 is 34.2 Å². The van der Waals surface area contributed by atoms with Gasteiger partial charge in [0.1, 0.15) is 16.5 Å². The van der Waals surface area contributed by atoms with Crippen LogP contribution in [0.5, 0.6) is 0 Å². The average Bonchev–Trinajstić information content (AvgIpc) is 2.77. The lowest BCUT2D eigenvalue weighted by atomic mass is 9.77. The third kappa shape index (κ3) is 4.15. The van der Waals surface area contributed by atoms with Gasteiger partial charge in [0.15, 0.2) is 0 Å². The summed E-state index contributed by atoms with van der Waals surface area (Å²) in [6.45, 7) is 1.71. The fourth-order valence-electron chi connectivity index (χ4n) is 4.65. The molecule has 31 heavy (non-hydrogen) atoms. The van der Waals surface area contributed by atoms with Gasteiger partial charge >= 0.3 is 0 Å². The molecule has 0 bridgehead atoms. The molecule has 5 rings (SSSR count). The van der Waals surface area contributed by atoms with Crippen molar-refractivity contribution in [2.45, 2.75) is 61.3 Å². The lowest BCUT2D eigenvalue weighted by Gasteiger charge is -2.42. The number of anilines is 2. The van der Waals surface area contributed by atoms with Crippen LogP contribution < -0.4 is 10.2 Å². The smallest absolute Gasteiger partial charge is 0.225 e. The molecule has 0 spiro atoms. The van der Waals surface area contributed by atoms with Gasteiger partial charge in [0.05, 0.1) is 46.1 Å². The summed E-state index contributed by atoms with van der Waals surface area (Å²) in [5.74, 6) is 3.08. The van der Waals surface area contributed by atoms with Crippen molar-refractivity contribution in [3.05, 3.63) is 28.9 Å². The topological polar surface area (TPSA) is 104 Å². The van der Waals surface area contributed by atoms with Crippen LogP contribution in [0.1, 0.15) is 56.0 Å². The Labute approximate surface area is 189 Å². The van der Waals surface area contributed by atoms with Crippen molar-refractivity contribution in [1.82, 2.24) is 19.9 Å². The summed E-state index contributed by atoms with van der Waals surface area (Å²) in [5.41, 5.74) is 0.573. The minimum absolute atomic E-state index is 0.0627. The van der Waals surface area contributed by atoms with Gasteiger partial charge < -0.3 is 15.3 Å². The van der Waals surface area contributed by atoms with E-state index in [1.165, 1.54) is 0 Å². The Bertz CT molecular complexity index is 971. The van der Waals surface area contributed by atoms with E-state index < -0.39 is 10.8 Å². The van der Waals surface area contributed by atoms with Crippen LogP contribution in [0.2, 0.25) is 5.02 Å². The number of nitrogens with zero attached hydrogens (tertiary/aromatic N) is 5. The van der Waals surface area contributed by atoms with E-state index in [4.69, 9.17) is 21.6 Å². The molecule has 2 N–H and O–H groups in total. The molecular weight excluding hydrogens is 436 g/mol. The van der Waals surface area contributed by atoms with E-state index in [1.807, 2.05) is 0 Å². The Hall–Kier alpha value is -1.84. The molecule has 0 amide bonds. The Morgan fingerprint density at radius 3 is 2.58 bits per heavy atom. The Balaban J connectivity index is 1.39. The summed E-state index contributed by atoms with van der Waals surface area (Å²) in [6.07, 6.45) is 9.66. The van der Waals surface area contributed by atoms with Crippen LogP contribution in [0.4, 0.5) is 11.8 Å². The zero-order valence-corrected chi connectivity index (χ0v) is 19.0. The fraction of sp³-hybridized carbons (Fsp3) is 0.619. The second-order valence-electron chi connectivity index (χ2n) is 8.74. The van der Waals surface area contributed by atoms with E-state index in [0.29, 0.717) is 22.5 Å². The van der Waals surface area contributed by atoms with Crippen LogP contribution in [0.3, 0.4) is 0 Å². The molecule has 1 atom stereocenters. The van der Waals surface area contributed by atoms with Crippen LogP contribution in [-0.4, -0.2) is 60.2 Å². The molecule has 2 aromatic heterocycles. The second-order valence-corrected chi connectivity index (χ2v) is 10.7. The lowest BCUT2D eigenvalue weighted by molar-refractivity contribution is 0.143. The first-order valence-corrected chi connectivity index (χ1v) is 12.7. The number of aliphatic hydroxyl groups is 1. The minimum atomic E-state index is -1.09. The molecule has 2 aliphatic heterocycles. The molecule has 1 saturated carbocycles. The summed E-state index contributed by atoms with van der Waals surface area (Å²) in [7, 11) is -1.09. The number of nitrogens with one attached hydrogen (secondary N) is 1. The first-order valence-electron chi connectivity index (χ1n) is 11.0. The molecule has 8 nitrogen and oxygen atoms in total. The predicted octanol–water partition coefficient (Wildman–Crippen LogP) is 2.68. The third-order valence-corrected chi connectivity index (χ3v) is 8.41. The van der Waals surface area contributed by atoms with Gasteiger partial charge in [-0.05, 0) is 44.9 Å². The molecule has 2 aromatic rings. The molecular formula is C21H27ClN6O2S. The van der Waals surface area contributed by atoms with Gasteiger partial charge in [0.2, 0.25) is 5.95 Å². The van der Waals surface area contributed by atoms with Gasteiger partial charge in [-0.1, -0.05) is 11.6 Å². The summed E-state index contributed by atoms with van der Waals surface area (Å²) < 4.78 is 12.8. The van der Waals surface area contributed by atoms with Crippen LogP contribution in [-0.2, 0) is 17.2 Å². The predicted molar refractivity (Wildman–Crippen MR) is 120 cm³/mol. The number of fused-ring (bicyclic) bond motifs is 1. The van der Waals surface area contributed by atoms with Gasteiger partial charge in [0, 0.05) is 24.8 Å². The molecule has 3 aliphatic rings. The maximum Gasteiger partial charge on any atom is 0.225 e. The van der Waals surface area contributed by atoms with Crippen molar-refractivity contribution in [2.24, 2.45) is 0 Å². The largest absolute Gasteiger partial charge is 0.394 e. The maximum absolute atomic E-state index is 12.8. The number of rotatable bonds is 5. The van der Waals surface area contributed by atoms with Crippen LogP contribution in [0.25, 0.3) is 0 Å². The van der Waals surface area contributed by atoms with Gasteiger partial charge in [0.25, 0.3) is 0 Å². The lowest BCUT2D eigenvalue weighted by Crippen LogP contribution is -2.49. The highest BCUT2D eigenvalue weighted by molar-refractivity contribution is 7.85. The van der Waals surface area contributed by atoms with E-state index in [0.717, 1.165) is 74.4 Å². The van der Waals surface area contributed by atoms with Crippen LogP contribution >= 0.6 is 11.6 Å². The third-order valence-electron chi connectivity index (χ3n) is 6.67. The SMILES string of the molecule is O=S1CCCc2nc(C3CCN(c4ncc(Cl)cn4)CC3)nc(NC3(CO)CCC3)c21. The normalized spacial score (nSPS) is 23.2. The molecule has 0 radical (unpaired) electrons.